The fraction of sp³-hybridized carbons (Fsp3) is 0. The maximum atomic E-state index is 5.10. The quantitative estimate of drug-likeness (QED) is 0.176. The number of H-pyrrole nitrogens is 1. The molecule has 244 valence electrons. The summed E-state index contributed by atoms with van der Waals surface area (Å²) in [6.45, 7) is 0. The van der Waals surface area contributed by atoms with E-state index in [0.717, 1.165) is 61.8 Å². The van der Waals surface area contributed by atoms with Crippen LogP contribution >= 0.6 is 0 Å². The SMILES string of the molecule is c1ccc(-n2c(-c3ccc(-c4cc5ccccc5cc4-c4ccc(-c5[nH]c6ccccc6[n+]5-c5ccccc5)cc4)cc3)nc3ccccc32)cc1. The third-order valence-corrected chi connectivity index (χ3v) is 10.0. The van der Waals surface area contributed by atoms with Crippen molar-refractivity contribution in [2.45, 2.75) is 0 Å². The molecule has 0 atom stereocenters. The van der Waals surface area contributed by atoms with Gasteiger partial charge in [0.25, 0.3) is 5.82 Å². The molecule has 8 aromatic carbocycles. The molecular weight excluding hydrogens is 633 g/mol. The molecule has 10 aromatic rings. The van der Waals surface area contributed by atoms with E-state index in [2.05, 4.69) is 202 Å². The highest BCUT2D eigenvalue weighted by Gasteiger charge is 2.22. The van der Waals surface area contributed by atoms with Gasteiger partial charge in [-0.3, -0.25) is 4.57 Å². The Hall–Kier alpha value is -7.04. The van der Waals surface area contributed by atoms with Crippen LogP contribution in [-0.4, -0.2) is 14.5 Å². The Morgan fingerprint density at radius 3 is 1.69 bits per heavy atom. The standard InChI is InChI=1S/C48H32N4/c1-3-15-39(16-4-1)51-45-21-11-9-19-43(45)49-47(51)35-27-23-33(24-28-35)41-31-37-13-7-8-14-38(37)32-42(41)34-25-29-36(30-26-34)48-50-44-20-10-12-22-46(44)52(48)40-17-5-2-6-18-40/h1-32H/p+1. The second kappa shape index (κ2) is 12.4. The lowest BCUT2D eigenvalue weighted by molar-refractivity contribution is -0.554. The van der Waals surface area contributed by atoms with Gasteiger partial charge in [-0.1, -0.05) is 121 Å². The van der Waals surface area contributed by atoms with Crippen LogP contribution in [0.25, 0.3) is 89.2 Å². The van der Waals surface area contributed by atoms with E-state index in [1.807, 2.05) is 6.07 Å². The average molecular weight is 666 g/mol. The van der Waals surface area contributed by atoms with E-state index >= 15 is 0 Å². The van der Waals surface area contributed by atoms with Crippen LogP contribution in [0.4, 0.5) is 0 Å². The minimum Gasteiger partial charge on any atom is -0.292 e. The van der Waals surface area contributed by atoms with Crippen molar-refractivity contribution in [3.05, 3.63) is 194 Å². The summed E-state index contributed by atoms with van der Waals surface area (Å²) in [6.07, 6.45) is 0. The second-order valence-electron chi connectivity index (χ2n) is 13.2. The molecule has 52 heavy (non-hydrogen) atoms. The van der Waals surface area contributed by atoms with Crippen LogP contribution < -0.4 is 4.57 Å². The van der Waals surface area contributed by atoms with Crippen molar-refractivity contribution in [3.8, 4) is 56.4 Å². The van der Waals surface area contributed by atoms with E-state index in [9.17, 15) is 0 Å². The summed E-state index contributed by atoms with van der Waals surface area (Å²) >= 11 is 0. The summed E-state index contributed by atoms with van der Waals surface area (Å²) in [5, 5.41) is 2.44. The zero-order valence-corrected chi connectivity index (χ0v) is 28.3. The van der Waals surface area contributed by atoms with Crippen molar-refractivity contribution >= 4 is 32.8 Å². The molecule has 0 fully saturated rings. The number of aromatic nitrogens is 4. The molecule has 0 spiro atoms. The van der Waals surface area contributed by atoms with Crippen molar-refractivity contribution in [2.75, 3.05) is 0 Å². The highest BCUT2D eigenvalue weighted by Crippen LogP contribution is 2.38. The van der Waals surface area contributed by atoms with E-state index in [1.165, 1.54) is 27.5 Å². The van der Waals surface area contributed by atoms with Gasteiger partial charge in [-0.15, -0.1) is 0 Å². The largest absolute Gasteiger partial charge is 0.292 e. The summed E-state index contributed by atoms with van der Waals surface area (Å²) in [5.74, 6) is 1.98. The molecule has 0 saturated heterocycles. The fourth-order valence-electron chi connectivity index (χ4n) is 7.51. The van der Waals surface area contributed by atoms with Crippen molar-refractivity contribution in [1.82, 2.24) is 14.5 Å². The first kappa shape index (κ1) is 29.8. The molecule has 4 heteroatoms. The minimum absolute atomic E-state index is 0.929. The number of benzene rings is 8. The molecule has 2 heterocycles. The van der Waals surface area contributed by atoms with Gasteiger partial charge in [-0.25, -0.2) is 9.97 Å². The molecule has 0 aliphatic heterocycles. The minimum atomic E-state index is 0.929. The number of fused-ring (bicyclic) bond motifs is 3. The molecule has 0 saturated carbocycles. The fourth-order valence-corrected chi connectivity index (χ4v) is 7.51. The molecule has 4 nitrogen and oxygen atoms in total. The van der Waals surface area contributed by atoms with Gasteiger partial charge in [0.1, 0.15) is 11.5 Å². The number of hydrogen-bond acceptors (Lipinski definition) is 1. The molecule has 2 aromatic heterocycles. The van der Waals surface area contributed by atoms with Crippen LogP contribution in [0.2, 0.25) is 0 Å². The van der Waals surface area contributed by atoms with Crippen LogP contribution in [-0.2, 0) is 0 Å². The van der Waals surface area contributed by atoms with Gasteiger partial charge in [-0.2, -0.15) is 4.57 Å². The maximum absolute atomic E-state index is 5.10. The highest BCUT2D eigenvalue weighted by atomic mass is 15.1. The van der Waals surface area contributed by atoms with Gasteiger partial charge in [-0.05, 0) is 106 Å². The number of para-hydroxylation sites is 6. The van der Waals surface area contributed by atoms with Gasteiger partial charge in [0.05, 0.1) is 16.6 Å². The Balaban J connectivity index is 1.07. The first-order valence-corrected chi connectivity index (χ1v) is 17.6. The summed E-state index contributed by atoms with van der Waals surface area (Å²) in [7, 11) is 0. The Bertz CT molecular complexity index is 2670. The summed E-state index contributed by atoms with van der Waals surface area (Å²) in [4.78, 5) is 8.80. The van der Waals surface area contributed by atoms with Crippen LogP contribution in [0.15, 0.2) is 194 Å². The first-order chi connectivity index (χ1) is 25.8. The molecular formula is C48H33N4+. The van der Waals surface area contributed by atoms with Gasteiger partial charge >= 0.3 is 0 Å². The lowest BCUT2D eigenvalue weighted by atomic mass is 9.90. The number of nitrogens with zero attached hydrogens (tertiary/aromatic N) is 3. The van der Waals surface area contributed by atoms with Crippen molar-refractivity contribution in [3.63, 3.8) is 0 Å². The number of imidazole rings is 2. The summed E-state index contributed by atoms with van der Waals surface area (Å²) < 4.78 is 4.56. The predicted molar refractivity (Wildman–Crippen MR) is 214 cm³/mol. The molecule has 0 aliphatic rings. The average Bonchev–Trinajstić information content (AvgIpc) is 3.81. The van der Waals surface area contributed by atoms with Crippen LogP contribution in [0.5, 0.6) is 0 Å². The van der Waals surface area contributed by atoms with E-state index in [-0.39, 0.29) is 0 Å². The lowest BCUT2D eigenvalue weighted by Gasteiger charge is -2.14. The second-order valence-corrected chi connectivity index (χ2v) is 13.2. The lowest BCUT2D eigenvalue weighted by Crippen LogP contribution is -2.31. The zero-order valence-electron chi connectivity index (χ0n) is 28.3. The number of aromatic amines is 1. The van der Waals surface area contributed by atoms with Gasteiger partial charge in [0, 0.05) is 11.3 Å². The topological polar surface area (TPSA) is 37.5 Å². The Kier molecular flexibility index (Phi) is 7.10. The normalized spacial score (nSPS) is 11.5. The maximum Gasteiger partial charge on any atom is 0.292 e. The van der Waals surface area contributed by atoms with E-state index < -0.39 is 0 Å². The molecule has 1 N–H and O–H groups in total. The van der Waals surface area contributed by atoms with Gasteiger partial charge < -0.3 is 0 Å². The number of hydrogen-bond donors (Lipinski definition) is 1. The Morgan fingerprint density at radius 1 is 0.462 bits per heavy atom. The number of nitrogens with one attached hydrogen (secondary N) is 1. The summed E-state index contributed by atoms with van der Waals surface area (Å²) in [5.41, 5.74) is 13.4. The Morgan fingerprint density at radius 2 is 1.00 bits per heavy atom. The molecule has 0 aliphatic carbocycles. The van der Waals surface area contributed by atoms with Crippen LogP contribution in [0.3, 0.4) is 0 Å². The smallest absolute Gasteiger partial charge is 0.292 e. The highest BCUT2D eigenvalue weighted by molar-refractivity contribution is 5.97. The third-order valence-electron chi connectivity index (χ3n) is 10.0. The molecule has 0 bridgehead atoms. The van der Waals surface area contributed by atoms with Crippen molar-refractivity contribution in [1.29, 1.82) is 0 Å². The van der Waals surface area contributed by atoms with Gasteiger partial charge in [0.2, 0.25) is 0 Å². The Labute approximate surface area is 301 Å². The third kappa shape index (κ3) is 5.09. The number of rotatable bonds is 6. The monoisotopic (exact) mass is 665 g/mol. The molecule has 10 rings (SSSR count). The van der Waals surface area contributed by atoms with E-state index in [0.29, 0.717) is 0 Å². The summed E-state index contributed by atoms with van der Waals surface area (Å²) in [6, 6.07) is 68.9. The van der Waals surface area contributed by atoms with E-state index in [1.54, 1.807) is 0 Å². The molecule has 0 unspecified atom stereocenters. The van der Waals surface area contributed by atoms with E-state index in [4.69, 9.17) is 4.98 Å². The van der Waals surface area contributed by atoms with Crippen molar-refractivity contribution < 1.29 is 4.57 Å². The van der Waals surface area contributed by atoms with Crippen LogP contribution in [0, 0.1) is 0 Å². The van der Waals surface area contributed by atoms with Gasteiger partial charge in [0.15, 0.2) is 11.0 Å². The first-order valence-electron chi connectivity index (χ1n) is 17.6. The van der Waals surface area contributed by atoms with Crippen molar-refractivity contribution in [2.24, 2.45) is 0 Å². The molecule has 0 amide bonds. The molecule has 0 radical (unpaired) electrons. The zero-order chi connectivity index (χ0) is 34.4. The predicted octanol–water partition coefficient (Wildman–Crippen LogP) is 11.6. The van der Waals surface area contributed by atoms with Crippen LogP contribution in [0.1, 0.15) is 0 Å².